The van der Waals surface area contributed by atoms with Gasteiger partial charge in [-0.3, -0.25) is 0 Å². The van der Waals surface area contributed by atoms with Crippen molar-refractivity contribution < 1.29 is 0 Å². The molecule has 1 aromatic heterocycles. The first-order valence-electron chi connectivity index (χ1n) is 4.74. The van der Waals surface area contributed by atoms with E-state index in [9.17, 15) is 0 Å². The highest BCUT2D eigenvalue weighted by Crippen LogP contribution is 2.25. The second kappa shape index (κ2) is 5.61. The van der Waals surface area contributed by atoms with Crippen LogP contribution in [0.5, 0.6) is 0 Å². The zero-order chi connectivity index (χ0) is 10.4. The highest BCUT2D eigenvalue weighted by Gasteiger charge is 2.07. The van der Waals surface area contributed by atoms with Crippen LogP contribution in [0.25, 0.3) is 0 Å². The van der Waals surface area contributed by atoms with Gasteiger partial charge in [0.25, 0.3) is 0 Å². The summed E-state index contributed by atoms with van der Waals surface area (Å²) in [4.78, 5) is 1.41. The largest absolute Gasteiger partial charge is 0.148 e. The lowest BCUT2D eigenvalue weighted by Crippen LogP contribution is -1.90. The van der Waals surface area contributed by atoms with Crippen molar-refractivity contribution in [1.29, 1.82) is 0 Å². The van der Waals surface area contributed by atoms with E-state index < -0.39 is 0 Å². The zero-order valence-corrected chi connectivity index (χ0v) is 9.28. The van der Waals surface area contributed by atoms with E-state index in [2.05, 4.69) is 25.1 Å². The van der Waals surface area contributed by atoms with Crippen molar-refractivity contribution in [2.45, 2.75) is 19.3 Å². The summed E-state index contributed by atoms with van der Waals surface area (Å²) >= 11 is 1.81. The molecule has 0 bridgehead atoms. The van der Waals surface area contributed by atoms with E-state index in [1.165, 1.54) is 16.0 Å². The summed E-state index contributed by atoms with van der Waals surface area (Å²) in [6, 6.07) is 0. The summed E-state index contributed by atoms with van der Waals surface area (Å²) in [5.74, 6) is 0. The van der Waals surface area contributed by atoms with Crippen LogP contribution in [0, 0.1) is 0 Å². The van der Waals surface area contributed by atoms with Gasteiger partial charge >= 0.3 is 0 Å². The molecule has 1 aromatic rings. The van der Waals surface area contributed by atoms with Crippen LogP contribution in [0.3, 0.4) is 0 Å². The van der Waals surface area contributed by atoms with Crippen molar-refractivity contribution in [1.82, 2.24) is 0 Å². The van der Waals surface area contributed by atoms with Crippen LogP contribution >= 0.6 is 11.3 Å². The molecular weight excluding hydrogens is 188 g/mol. The molecule has 0 radical (unpaired) electrons. The molecule has 0 aliphatic rings. The lowest BCUT2D eigenvalue weighted by atomic mass is 10.0. The Balaban J connectivity index is 2.98. The Morgan fingerprint density at radius 3 is 2.21 bits per heavy atom. The molecule has 14 heavy (non-hydrogen) atoms. The van der Waals surface area contributed by atoms with Crippen molar-refractivity contribution in [2.75, 3.05) is 0 Å². The van der Waals surface area contributed by atoms with Crippen molar-refractivity contribution in [2.24, 2.45) is 0 Å². The monoisotopic (exact) mass is 204 g/mol. The Bertz CT molecular complexity index is 304. The molecule has 0 N–H and O–H groups in total. The molecule has 1 rings (SSSR count). The van der Waals surface area contributed by atoms with Gasteiger partial charge in [-0.05, 0) is 35.8 Å². The van der Waals surface area contributed by atoms with Gasteiger partial charge in [0, 0.05) is 4.88 Å². The molecule has 0 atom stereocenters. The topological polar surface area (TPSA) is 0 Å². The highest BCUT2D eigenvalue weighted by molar-refractivity contribution is 7.10. The first-order chi connectivity index (χ1) is 6.83. The molecule has 0 amide bonds. The number of hydrogen-bond acceptors (Lipinski definition) is 1. The second-order valence-corrected chi connectivity index (χ2v) is 4.11. The molecule has 1 heteroatoms. The second-order valence-electron chi connectivity index (χ2n) is 3.14. The van der Waals surface area contributed by atoms with E-state index in [-0.39, 0.29) is 0 Å². The van der Waals surface area contributed by atoms with E-state index in [0.717, 1.165) is 19.3 Å². The molecule has 74 valence electrons. The summed E-state index contributed by atoms with van der Waals surface area (Å²) in [6.45, 7) is 11.3. The average molecular weight is 204 g/mol. The van der Waals surface area contributed by atoms with Crippen molar-refractivity contribution in [3.05, 3.63) is 59.3 Å². The quantitative estimate of drug-likeness (QED) is 0.616. The summed E-state index contributed by atoms with van der Waals surface area (Å²) in [5.41, 5.74) is 2.81. The number of hydrogen-bond donors (Lipinski definition) is 0. The predicted molar refractivity (Wildman–Crippen MR) is 66.0 cm³/mol. The Labute approximate surface area is 90.3 Å². The normalized spacial score (nSPS) is 9.71. The van der Waals surface area contributed by atoms with Gasteiger partial charge in [-0.15, -0.1) is 31.1 Å². The average Bonchev–Trinajstić information content (AvgIpc) is 2.52. The van der Waals surface area contributed by atoms with Gasteiger partial charge in [0.15, 0.2) is 0 Å². The van der Waals surface area contributed by atoms with Crippen LogP contribution in [0.15, 0.2) is 43.3 Å². The minimum Gasteiger partial charge on any atom is -0.148 e. The minimum absolute atomic E-state index is 0.954. The van der Waals surface area contributed by atoms with Crippen LogP contribution in [0.4, 0.5) is 0 Å². The van der Waals surface area contributed by atoms with Gasteiger partial charge in [-0.25, -0.2) is 0 Å². The third-order valence-electron chi connectivity index (χ3n) is 2.11. The lowest BCUT2D eigenvalue weighted by Gasteiger charge is -2.01. The van der Waals surface area contributed by atoms with Gasteiger partial charge in [0.1, 0.15) is 0 Å². The van der Waals surface area contributed by atoms with Gasteiger partial charge in [-0.2, -0.15) is 0 Å². The maximum Gasteiger partial charge on any atom is 0.0121 e. The SMILES string of the molecule is C=CCc1csc(CC=C)c1CC=C. The van der Waals surface area contributed by atoms with E-state index >= 15 is 0 Å². The van der Waals surface area contributed by atoms with E-state index in [4.69, 9.17) is 0 Å². The fraction of sp³-hybridized carbons (Fsp3) is 0.231. The Morgan fingerprint density at radius 2 is 1.64 bits per heavy atom. The smallest absolute Gasteiger partial charge is 0.0121 e. The Kier molecular flexibility index (Phi) is 4.41. The molecule has 0 aliphatic heterocycles. The first kappa shape index (κ1) is 11.0. The molecule has 0 fully saturated rings. The lowest BCUT2D eigenvalue weighted by molar-refractivity contribution is 1.14. The molecular formula is C13H16S. The maximum absolute atomic E-state index is 3.79. The molecule has 0 spiro atoms. The predicted octanol–water partition coefficient (Wildman–Crippen LogP) is 3.93. The number of thiophene rings is 1. The Morgan fingerprint density at radius 1 is 1.00 bits per heavy atom. The summed E-state index contributed by atoms with van der Waals surface area (Å²) in [5, 5.41) is 2.22. The number of allylic oxidation sites excluding steroid dienone is 3. The number of rotatable bonds is 6. The van der Waals surface area contributed by atoms with Crippen molar-refractivity contribution >= 4 is 11.3 Å². The van der Waals surface area contributed by atoms with Crippen LogP contribution in [-0.2, 0) is 19.3 Å². The molecule has 0 aromatic carbocycles. The van der Waals surface area contributed by atoms with Gasteiger partial charge in [0.05, 0.1) is 0 Å². The minimum atomic E-state index is 0.954. The molecule has 0 unspecified atom stereocenters. The first-order valence-corrected chi connectivity index (χ1v) is 5.62. The maximum atomic E-state index is 3.79. The Hall–Kier alpha value is -1.08. The standard InChI is InChI=1S/C13H16S/c1-4-7-11-10-14-13(9-6-3)12(11)8-5-2/h4-6,10H,1-3,7-9H2. The van der Waals surface area contributed by atoms with Crippen LogP contribution in [0.2, 0.25) is 0 Å². The van der Waals surface area contributed by atoms with Crippen LogP contribution in [-0.4, -0.2) is 0 Å². The fourth-order valence-corrected chi connectivity index (χ4v) is 2.58. The molecule has 0 saturated heterocycles. The van der Waals surface area contributed by atoms with E-state index in [1.54, 1.807) is 0 Å². The molecule has 0 saturated carbocycles. The van der Waals surface area contributed by atoms with Crippen molar-refractivity contribution in [3.63, 3.8) is 0 Å². The summed E-state index contributed by atoms with van der Waals surface area (Å²) in [6.07, 6.45) is 8.74. The van der Waals surface area contributed by atoms with Gasteiger partial charge in [-0.1, -0.05) is 18.2 Å². The van der Waals surface area contributed by atoms with Gasteiger partial charge < -0.3 is 0 Å². The third kappa shape index (κ3) is 2.46. The van der Waals surface area contributed by atoms with E-state index in [1.807, 2.05) is 29.6 Å². The summed E-state index contributed by atoms with van der Waals surface area (Å²) < 4.78 is 0. The van der Waals surface area contributed by atoms with Crippen LogP contribution < -0.4 is 0 Å². The third-order valence-corrected chi connectivity index (χ3v) is 3.21. The highest BCUT2D eigenvalue weighted by atomic mass is 32.1. The van der Waals surface area contributed by atoms with Crippen LogP contribution in [0.1, 0.15) is 16.0 Å². The molecule has 0 nitrogen and oxygen atoms in total. The molecule has 0 aliphatic carbocycles. The molecule has 1 heterocycles. The van der Waals surface area contributed by atoms with E-state index in [0.29, 0.717) is 0 Å². The van der Waals surface area contributed by atoms with Gasteiger partial charge in [0.2, 0.25) is 0 Å². The van der Waals surface area contributed by atoms with Crippen molar-refractivity contribution in [3.8, 4) is 0 Å². The summed E-state index contributed by atoms with van der Waals surface area (Å²) in [7, 11) is 0. The zero-order valence-electron chi connectivity index (χ0n) is 8.46. The fourth-order valence-electron chi connectivity index (χ4n) is 1.48.